The third-order valence-corrected chi connectivity index (χ3v) is 5.13. The predicted octanol–water partition coefficient (Wildman–Crippen LogP) is 0.333. The third kappa shape index (κ3) is 3.54. The lowest BCUT2D eigenvalue weighted by atomic mass is 10.2. The average Bonchev–Trinajstić information content (AvgIpc) is 2.41. The first-order valence-electron chi connectivity index (χ1n) is 6.25. The minimum absolute atomic E-state index is 0.0341. The molecule has 1 aliphatic heterocycles. The molecule has 1 saturated heterocycles. The Labute approximate surface area is 113 Å². The molecule has 19 heavy (non-hydrogen) atoms. The third-order valence-electron chi connectivity index (χ3n) is 3.31. The Balaban J connectivity index is 1.97. The summed E-state index contributed by atoms with van der Waals surface area (Å²) in [5, 5.41) is 0. The molecule has 0 spiro atoms. The Morgan fingerprint density at radius 2 is 1.84 bits per heavy atom. The van der Waals surface area contributed by atoms with Crippen molar-refractivity contribution >= 4 is 15.9 Å². The number of rotatable bonds is 4. The summed E-state index contributed by atoms with van der Waals surface area (Å²) in [5.74, 6) is -0.0943. The van der Waals surface area contributed by atoms with Crippen LogP contribution in [0.1, 0.15) is 5.56 Å². The fourth-order valence-electron chi connectivity index (χ4n) is 1.99. The number of aryl methyl sites for hydroxylation is 1. The molecule has 0 atom stereocenters. The van der Waals surface area contributed by atoms with Crippen molar-refractivity contribution in [2.75, 3.05) is 32.4 Å². The molecule has 1 aliphatic rings. The maximum absolute atomic E-state index is 12.2. The van der Waals surface area contributed by atoms with Gasteiger partial charge in [-0.3, -0.25) is 4.79 Å². The SMILES string of the molecule is CN1CCN(S(=O)(=O)CCc2ccccc2)CC1=O. The molecule has 1 aromatic rings. The first-order chi connectivity index (χ1) is 8.99. The van der Waals surface area contributed by atoms with Gasteiger partial charge in [0, 0.05) is 20.1 Å². The lowest BCUT2D eigenvalue weighted by Crippen LogP contribution is -2.51. The summed E-state index contributed by atoms with van der Waals surface area (Å²) >= 11 is 0. The molecule has 0 unspecified atom stereocenters. The number of sulfonamides is 1. The first-order valence-corrected chi connectivity index (χ1v) is 7.86. The summed E-state index contributed by atoms with van der Waals surface area (Å²) in [4.78, 5) is 13.1. The summed E-state index contributed by atoms with van der Waals surface area (Å²) in [6.07, 6.45) is 0.476. The van der Waals surface area contributed by atoms with Crippen molar-refractivity contribution in [1.82, 2.24) is 9.21 Å². The molecule has 0 bridgehead atoms. The van der Waals surface area contributed by atoms with Gasteiger partial charge < -0.3 is 4.90 Å². The molecule has 104 valence electrons. The molecule has 1 heterocycles. The number of nitrogens with zero attached hydrogens (tertiary/aromatic N) is 2. The number of benzene rings is 1. The fourth-order valence-corrected chi connectivity index (χ4v) is 3.41. The lowest BCUT2D eigenvalue weighted by molar-refractivity contribution is -0.132. The molecule has 1 fully saturated rings. The van der Waals surface area contributed by atoms with E-state index in [1.807, 2.05) is 30.3 Å². The quantitative estimate of drug-likeness (QED) is 0.800. The second-order valence-electron chi connectivity index (χ2n) is 4.70. The van der Waals surface area contributed by atoms with Crippen LogP contribution in [-0.4, -0.2) is 56.0 Å². The summed E-state index contributed by atoms with van der Waals surface area (Å²) in [7, 11) is -1.66. The number of hydrogen-bond acceptors (Lipinski definition) is 3. The molecule has 5 nitrogen and oxygen atoms in total. The molecule has 1 amide bonds. The standard InChI is InChI=1S/C13H18N2O3S/c1-14-8-9-15(11-13(14)16)19(17,18)10-7-12-5-3-2-4-6-12/h2-6H,7-11H2,1H3. The zero-order chi connectivity index (χ0) is 13.9. The highest BCUT2D eigenvalue weighted by Crippen LogP contribution is 2.10. The summed E-state index contributed by atoms with van der Waals surface area (Å²) < 4.78 is 25.6. The van der Waals surface area contributed by atoms with E-state index < -0.39 is 10.0 Å². The van der Waals surface area contributed by atoms with Gasteiger partial charge in [-0.15, -0.1) is 0 Å². The van der Waals surface area contributed by atoms with E-state index in [0.717, 1.165) is 5.56 Å². The van der Waals surface area contributed by atoms with Gasteiger partial charge in [0.2, 0.25) is 15.9 Å². The maximum atomic E-state index is 12.2. The summed E-state index contributed by atoms with van der Waals surface area (Å²) in [6.45, 7) is 0.816. The van der Waals surface area contributed by atoms with Crippen LogP contribution in [-0.2, 0) is 21.2 Å². The second-order valence-corrected chi connectivity index (χ2v) is 6.79. The number of amides is 1. The number of carbonyl (C=O) groups excluding carboxylic acids is 1. The number of hydrogen-bond donors (Lipinski definition) is 0. The van der Waals surface area contributed by atoms with Crippen molar-refractivity contribution in [3.8, 4) is 0 Å². The minimum Gasteiger partial charge on any atom is -0.343 e. The molecular weight excluding hydrogens is 264 g/mol. The first kappa shape index (κ1) is 14.0. The number of likely N-dealkylation sites (N-methyl/N-ethyl adjacent to an activating group) is 1. The summed E-state index contributed by atoms with van der Waals surface area (Å²) in [5.41, 5.74) is 0.992. The van der Waals surface area contributed by atoms with Gasteiger partial charge in [0.1, 0.15) is 0 Å². The van der Waals surface area contributed by atoms with Crippen LogP contribution in [0.4, 0.5) is 0 Å². The zero-order valence-corrected chi connectivity index (χ0v) is 11.8. The molecule has 0 radical (unpaired) electrons. The van der Waals surface area contributed by atoms with Gasteiger partial charge in [-0.2, -0.15) is 4.31 Å². The van der Waals surface area contributed by atoms with Crippen LogP contribution in [0, 0.1) is 0 Å². The van der Waals surface area contributed by atoms with Crippen LogP contribution in [0.15, 0.2) is 30.3 Å². The molecule has 0 N–H and O–H groups in total. The highest BCUT2D eigenvalue weighted by molar-refractivity contribution is 7.89. The lowest BCUT2D eigenvalue weighted by Gasteiger charge is -2.31. The highest BCUT2D eigenvalue weighted by atomic mass is 32.2. The van der Waals surface area contributed by atoms with E-state index in [2.05, 4.69) is 0 Å². The molecule has 0 aromatic heterocycles. The van der Waals surface area contributed by atoms with E-state index in [4.69, 9.17) is 0 Å². The van der Waals surface area contributed by atoms with E-state index in [1.165, 1.54) is 4.31 Å². The van der Waals surface area contributed by atoms with Gasteiger partial charge >= 0.3 is 0 Å². The van der Waals surface area contributed by atoms with Gasteiger partial charge in [-0.1, -0.05) is 30.3 Å². The molecule has 6 heteroatoms. The average molecular weight is 282 g/mol. The smallest absolute Gasteiger partial charge is 0.237 e. The normalized spacial score (nSPS) is 17.7. The van der Waals surface area contributed by atoms with E-state index in [1.54, 1.807) is 11.9 Å². The molecular formula is C13H18N2O3S. The van der Waals surface area contributed by atoms with Crippen molar-refractivity contribution in [3.05, 3.63) is 35.9 Å². The van der Waals surface area contributed by atoms with Gasteiger partial charge in [-0.25, -0.2) is 8.42 Å². The van der Waals surface area contributed by atoms with Gasteiger partial charge in [0.05, 0.1) is 12.3 Å². The molecule has 0 aliphatic carbocycles. The van der Waals surface area contributed by atoms with E-state index >= 15 is 0 Å². The maximum Gasteiger partial charge on any atom is 0.237 e. The monoisotopic (exact) mass is 282 g/mol. The van der Waals surface area contributed by atoms with Crippen LogP contribution in [0.2, 0.25) is 0 Å². The largest absolute Gasteiger partial charge is 0.343 e. The van der Waals surface area contributed by atoms with Crippen molar-refractivity contribution in [2.24, 2.45) is 0 Å². The Kier molecular flexibility index (Phi) is 4.21. The van der Waals surface area contributed by atoms with Crippen LogP contribution in [0.25, 0.3) is 0 Å². The minimum atomic E-state index is -3.35. The zero-order valence-electron chi connectivity index (χ0n) is 10.9. The van der Waals surface area contributed by atoms with Crippen molar-refractivity contribution in [1.29, 1.82) is 0 Å². The van der Waals surface area contributed by atoms with E-state index in [9.17, 15) is 13.2 Å². The fraction of sp³-hybridized carbons (Fsp3) is 0.462. The van der Waals surface area contributed by atoms with E-state index in [-0.39, 0.29) is 18.2 Å². The Hall–Kier alpha value is -1.40. The molecule has 0 saturated carbocycles. The molecule has 1 aromatic carbocycles. The highest BCUT2D eigenvalue weighted by Gasteiger charge is 2.29. The van der Waals surface area contributed by atoms with E-state index in [0.29, 0.717) is 19.5 Å². The molecule has 2 rings (SSSR count). The Morgan fingerprint density at radius 1 is 1.16 bits per heavy atom. The topological polar surface area (TPSA) is 57.7 Å². The predicted molar refractivity (Wildman–Crippen MR) is 73.1 cm³/mol. The van der Waals surface area contributed by atoms with Crippen LogP contribution in [0.5, 0.6) is 0 Å². The Bertz CT molecular complexity index is 542. The van der Waals surface area contributed by atoms with Gasteiger partial charge in [0.15, 0.2) is 0 Å². The van der Waals surface area contributed by atoms with Crippen molar-refractivity contribution in [3.63, 3.8) is 0 Å². The van der Waals surface area contributed by atoms with Crippen molar-refractivity contribution < 1.29 is 13.2 Å². The van der Waals surface area contributed by atoms with Crippen molar-refractivity contribution in [2.45, 2.75) is 6.42 Å². The van der Waals surface area contributed by atoms with Crippen LogP contribution < -0.4 is 0 Å². The van der Waals surface area contributed by atoms with Crippen LogP contribution in [0.3, 0.4) is 0 Å². The summed E-state index contributed by atoms with van der Waals surface area (Å²) in [6, 6.07) is 9.50. The number of carbonyl (C=O) groups is 1. The van der Waals surface area contributed by atoms with Crippen LogP contribution >= 0.6 is 0 Å². The van der Waals surface area contributed by atoms with Gasteiger partial charge in [-0.05, 0) is 12.0 Å². The Morgan fingerprint density at radius 3 is 2.47 bits per heavy atom. The second kappa shape index (κ2) is 5.71. The van der Waals surface area contributed by atoms with Gasteiger partial charge in [0.25, 0.3) is 0 Å². The number of piperazine rings is 1.